The topological polar surface area (TPSA) is 78.5 Å². The van der Waals surface area contributed by atoms with E-state index in [1.165, 1.54) is 6.07 Å². The van der Waals surface area contributed by atoms with Crippen molar-refractivity contribution in [3.05, 3.63) is 47.9 Å². The van der Waals surface area contributed by atoms with E-state index in [2.05, 4.69) is 10.3 Å². The van der Waals surface area contributed by atoms with Crippen LogP contribution in [0.2, 0.25) is 0 Å². The second-order valence-electron chi connectivity index (χ2n) is 4.58. The van der Waals surface area contributed by atoms with E-state index in [0.29, 0.717) is 18.0 Å². The molecule has 102 valence electrons. The number of hydrogen-bond donors (Lipinski definition) is 3. The van der Waals surface area contributed by atoms with Crippen molar-refractivity contribution in [3.8, 4) is 11.5 Å². The maximum Gasteiger partial charge on any atom is 0.192 e. The van der Waals surface area contributed by atoms with E-state index in [1.807, 2.05) is 25.1 Å². The van der Waals surface area contributed by atoms with Gasteiger partial charge in [0.25, 0.3) is 0 Å². The molecule has 0 fully saturated rings. The molecule has 0 saturated carbocycles. The van der Waals surface area contributed by atoms with Crippen LogP contribution in [0.25, 0.3) is 11.1 Å². The minimum Gasteiger partial charge on any atom is -0.508 e. The van der Waals surface area contributed by atoms with Crippen LogP contribution in [-0.4, -0.2) is 15.2 Å². The van der Waals surface area contributed by atoms with E-state index < -0.39 is 0 Å². The van der Waals surface area contributed by atoms with E-state index in [0.717, 1.165) is 16.8 Å². The molecule has 0 unspecified atom stereocenters. The number of benzene rings is 2. The zero-order valence-corrected chi connectivity index (χ0v) is 10.9. The van der Waals surface area contributed by atoms with Gasteiger partial charge in [0.1, 0.15) is 17.0 Å². The molecule has 5 nitrogen and oxygen atoms in total. The van der Waals surface area contributed by atoms with Crippen LogP contribution in [-0.2, 0) is 6.54 Å². The number of nitrogens with zero attached hydrogens (tertiary/aromatic N) is 1. The highest BCUT2D eigenvalue weighted by Gasteiger charge is 2.05. The van der Waals surface area contributed by atoms with Gasteiger partial charge in [0, 0.05) is 30.8 Å². The lowest BCUT2D eigenvalue weighted by Crippen LogP contribution is -1.99. The molecule has 0 amide bonds. The van der Waals surface area contributed by atoms with Crippen LogP contribution in [0.3, 0.4) is 0 Å². The lowest BCUT2D eigenvalue weighted by Gasteiger charge is -2.08. The number of fused-ring (bicyclic) bond motifs is 1. The Morgan fingerprint density at radius 3 is 2.80 bits per heavy atom. The summed E-state index contributed by atoms with van der Waals surface area (Å²) in [5, 5.41) is 22.2. The molecule has 0 aliphatic rings. The molecule has 0 aliphatic heterocycles. The maximum absolute atomic E-state index is 9.72. The summed E-state index contributed by atoms with van der Waals surface area (Å²) in [4.78, 5) is 4.27. The number of anilines is 1. The molecular formula is C15H14N2O3. The van der Waals surface area contributed by atoms with Crippen LogP contribution >= 0.6 is 0 Å². The average Bonchev–Trinajstić information content (AvgIpc) is 2.77. The number of oxazole rings is 1. The fourth-order valence-electron chi connectivity index (χ4n) is 2.05. The fraction of sp³-hybridized carbons (Fsp3) is 0.133. The van der Waals surface area contributed by atoms with Crippen LogP contribution in [0.15, 0.2) is 40.8 Å². The first-order chi connectivity index (χ1) is 9.61. The molecule has 0 atom stereocenters. The molecule has 0 radical (unpaired) electrons. The summed E-state index contributed by atoms with van der Waals surface area (Å²) in [6.07, 6.45) is 0. The minimum atomic E-state index is 0.0470. The van der Waals surface area contributed by atoms with E-state index in [-0.39, 0.29) is 11.5 Å². The van der Waals surface area contributed by atoms with Crippen LogP contribution in [0.5, 0.6) is 11.5 Å². The third-order valence-electron chi connectivity index (χ3n) is 3.05. The van der Waals surface area contributed by atoms with Gasteiger partial charge in [-0.15, -0.1) is 0 Å². The Bertz CT molecular complexity index is 765. The summed E-state index contributed by atoms with van der Waals surface area (Å²) in [6.45, 7) is 2.26. The predicted molar refractivity (Wildman–Crippen MR) is 75.8 cm³/mol. The summed E-state index contributed by atoms with van der Waals surface area (Å²) in [7, 11) is 0. The summed E-state index contributed by atoms with van der Waals surface area (Å²) in [6, 6.07) is 10.2. The Hall–Kier alpha value is -2.69. The lowest BCUT2D eigenvalue weighted by molar-refractivity contribution is 0.446. The van der Waals surface area contributed by atoms with Crippen molar-refractivity contribution in [1.82, 2.24) is 4.98 Å². The summed E-state index contributed by atoms with van der Waals surface area (Å²) in [5.74, 6) is 0.745. The molecule has 5 heteroatoms. The molecular weight excluding hydrogens is 256 g/mol. The Morgan fingerprint density at radius 2 is 2.00 bits per heavy atom. The van der Waals surface area contributed by atoms with Gasteiger partial charge in [0.15, 0.2) is 11.5 Å². The number of phenols is 2. The largest absolute Gasteiger partial charge is 0.508 e. The van der Waals surface area contributed by atoms with Crippen molar-refractivity contribution in [2.24, 2.45) is 0 Å². The molecule has 0 saturated heterocycles. The van der Waals surface area contributed by atoms with E-state index in [4.69, 9.17) is 4.42 Å². The molecule has 20 heavy (non-hydrogen) atoms. The molecule has 0 spiro atoms. The number of hydrogen-bond acceptors (Lipinski definition) is 5. The highest BCUT2D eigenvalue weighted by atomic mass is 16.3. The molecule has 3 N–H and O–H groups in total. The molecule has 0 aliphatic carbocycles. The van der Waals surface area contributed by atoms with Gasteiger partial charge in [-0.1, -0.05) is 0 Å². The van der Waals surface area contributed by atoms with Gasteiger partial charge >= 0.3 is 0 Å². The predicted octanol–water partition coefficient (Wildman–Crippen LogP) is 3.16. The molecule has 1 aromatic heterocycles. The van der Waals surface area contributed by atoms with Crippen molar-refractivity contribution in [2.75, 3.05) is 5.32 Å². The third kappa shape index (κ3) is 2.38. The molecule has 3 rings (SSSR count). The molecule has 2 aromatic carbocycles. The number of aryl methyl sites for hydroxylation is 1. The van der Waals surface area contributed by atoms with Crippen molar-refractivity contribution < 1.29 is 14.6 Å². The normalized spacial score (nSPS) is 10.8. The lowest BCUT2D eigenvalue weighted by atomic mass is 10.2. The second kappa shape index (κ2) is 4.77. The maximum atomic E-state index is 9.72. The Labute approximate surface area is 115 Å². The van der Waals surface area contributed by atoms with Crippen LogP contribution in [0, 0.1) is 6.92 Å². The number of aromatic nitrogens is 1. The van der Waals surface area contributed by atoms with Crippen LogP contribution < -0.4 is 5.32 Å². The van der Waals surface area contributed by atoms with Gasteiger partial charge in [-0.3, -0.25) is 0 Å². The Kier molecular flexibility index (Phi) is 2.95. The van der Waals surface area contributed by atoms with Crippen molar-refractivity contribution in [3.63, 3.8) is 0 Å². The quantitative estimate of drug-likeness (QED) is 0.681. The number of nitrogens with one attached hydrogen (secondary N) is 1. The molecule has 3 aromatic rings. The monoisotopic (exact) mass is 270 g/mol. The van der Waals surface area contributed by atoms with E-state index in [1.54, 1.807) is 12.1 Å². The Balaban J connectivity index is 1.79. The first-order valence-corrected chi connectivity index (χ1v) is 6.24. The fourth-order valence-corrected chi connectivity index (χ4v) is 2.05. The standard InChI is InChI=1S/C15H14N2O3/c1-9-17-13-6-11(3-5-15(13)20-9)16-8-10-2-4-12(18)7-14(10)19/h2-7,16,18-19H,8H2,1H3. The van der Waals surface area contributed by atoms with Gasteiger partial charge in [-0.25, -0.2) is 4.98 Å². The molecule has 1 heterocycles. The summed E-state index contributed by atoms with van der Waals surface area (Å²) < 4.78 is 5.41. The van der Waals surface area contributed by atoms with Gasteiger partial charge in [0.05, 0.1) is 0 Å². The highest BCUT2D eigenvalue weighted by Crippen LogP contribution is 2.24. The van der Waals surface area contributed by atoms with Crippen molar-refractivity contribution in [2.45, 2.75) is 13.5 Å². The van der Waals surface area contributed by atoms with Gasteiger partial charge < -0.3 is 19.9 Å². The van der Waals surface area contributed by atoms with Crippen LogP contribution in [0.4, 0.5) is 5.69 Å². The number of phenolic OH excluding ortho intramolecular Hbond substituents is 2. The Morgan fingerprint density at radius 1 is 1.15 bits per heavy atom. The first kappa shape index (κ1) is 12.3. The SMILES string of the molecule is Cc1nc2cc(NCc3ccc(O)cc3O)ccc2o1. The first-order valence-electron chi connectivity index (χ1n) is 6.24. The number of rotatable bonds is 3. The summed E-state index contributed by atoms with van der Waals surface area (Å²) >= 11 is 0. The number of aromatic hydroxyl groups is 2. The van der Waals surface area contributed by atoms with Crippen molar-refractivity contribution >= 4 is 16.8 Å². The second-order valence-corrected chi connectivity index (χ2v) is 4.58. The highest BCUT2D eigenvalue weighted by molar-refractivity contribution is 5.77. The van der Waals surface area contributed by atoms with Gasteiger partial charge in [-0.05, 0) is 30.3 Å². The minimum absolute atomic E-state index is 0.0470. The third-order valence-corrected chi connectivity index (χ3v) is 3.05. The summed E-state index contributed by atoms with van der Waals surface area (Å²) in [5.41, 5.74) is 3.14. The van der Waals surface area contributed by atoms with Crippen LogP contribution in [0.1, 0.15) is 11.5 Å². The van der Waals surface area contributed by atoms with Gasteiger partial charge in [-0.2, -0.15) is 0 Å². The average molecular weight is 270 g/mol. The van der Waals surface area contributed by atoms with Gasteiger partial charge in [0.2, 0.25) is 0 Å². The zero-order chi connectivity index (χ0) is 14.1. The zero-order valence-electron chi connectivity index (χ0n) is 10.9. The molecule has 0 bridgehead atoms. The van der Waals surface area contributed by atoms with E-state index in [9.17, 15) is 10.2 Å². The smallest absolute Gasteiger partial charge is 0.192 e. The van der Waals surface area contributed by atoms with Crippen molar-refractivity contribution in [1.29, 1.82) is 0 Å². The van der Waals surface area contributed by atoms with E-state index >= 15 is 0 Å².